The van der Waals surface area contributed by atoms with Crippen LogP contribution >= 0.6 is 22.7 Å². The third-order valence-electron chi connectivity index (χ3n) is 9.57. The lowest BCUT2D eigenvalue weighted by molar-refractivity contribution is 0.271. The topological polar surface area (TPSA) is 22.1 Å². The Kier molecular flexibility index (Phi) is 5.37. The van der Waals surface area contributed by atoms with Crippen LogP contribution < -0.4 is 4.74 Å². The summed E-state index contributed by atoms with van der Waals surface area (Å²) in [5, 5.41) is 6.23. The SMILES string of the molecule is C1=CC2Oc3c(cc4c5c(cccc35)C3=C4[SH]=CC(c4cccc(-c5ccc6sc(-c7ccccc7)nc6c5)c4)C3)C2C=C1. The van der Waals surface area contributed by atoms with Crippen molar-refractivity contribution in [1.29, 1.82) is 0 Å². The van der Waals surface area contributed by atoms with E-state index in [2.05, 4.69) is 127 Å². The number of ether oxygens (including phenoxy) is 1. The average molecular weight is 602 g/mol. The van der Waals surface area contributed by atoms with E-state index in [1.54, 1.807) is 11.3 Å². The first-order valence-corrected chi connectivity index (χ1v) is 17.0. The van der Waals surface area contributed by atoms with E-state index in [1.165, 1.54) is 76.2 Å². The van der Waals surface area contributed by atoms with E-state index in [9.17, 15) is 0 Å². The molecule has 0 saturated heterocycles. The van der Waals surface area contributed by atoms with Gasteiger partial charge in [-0.15, -0.1) is 11.3 Å². The summed E-state index contributed by atoms with van der Waals surface area (Å²) in [6.07, 6.45) is 9.89. The molecule has 1 aromatic heterocycles. The molecule has 3 atom stereocenters. The van der Waals surface area contributed by atoms with Crippen LogP contribution in [0.4, 0.5) is 0 Å². The molecular weight excluding hydrogens is 575 g/mol. The number of benzene rings is 5. The lowest BCUT2D eigenvalue weighted by Gasteiger charge is -2.21. The Labute approximate surface area is 263 Å². The number of hydrogen-bond donors (Lipinski definition) is 1. The Balaban J connectivity index is 0.991. The fourth-order valence-electron chi connectivity index (χ4n) is 7.46. The van der Waals surface area contributed by atoms with Crippen LogP contribution in [0.5, 0.6) is 5.75 Å². The minimum absolute atomic E-state index is 0.110. The minimum atomic E-state index is 0.110. The molecule has 0 N–H and O–H groups in total. The van der Waals surface area contributed by atoms with Gasteiger partial charge in [0.15, 0.2) is 0 Å². The monoisotopic (exact) mass is 601 g/mol. The van der Waals surface area contributed by atoms with Crippen molar-refractivity contribution in [2.75, 3.05) is 0 Å². The van der Waals surface area contributed by atoms with E-state index in [0.717, 1.165) is 22.7 Å². The van der Waals surface area contributed by atoms with Gasteiger partial charge in [0.1, 0.15) is 16.9 Å². The van der Waals surface area contributed by atoms with Gasteiger partial charge >= 0.3 is 0 Å². The van der Waals surface area contributed by atoms with Crippen LogP contribution in [0.25, 0.3) is 53.2 Å². The maximum absolute atomic E-state index is 6.54. The highest BCUT2D eigenvalue weighted by molar-refractivity contribution is 8.06. The van der Waals surface area contributed by atoms with Gasteiger partial charge in [-0.3, -0.25) is 0 Å². The number of rotatable bonds is 3. The van der Waals surface area contributed by atoms with Crippen molar-refractivity contribution in [3.8, 4) is 27.4 Å². The maximum atomic E-state index is 6.54. The summed E-state index contributed by atoms with van der Waals surface area (Å²) in [6.45, 7) is 0. The first-order valence-electron chi connectivity index (χ1n) is 15.2. The third-order valence-corrected chi connectivity index (χ3v) is 11.9. The van der Waals surface area contributed by atoms with Gasteiger partial charge in [-0.25, -0.2) is 4.98 Å². The van der Waals surface area contributed by atoms with Crippen molar-refractivity contribution in [3.05, 3.63) is 144 Å². The predicted molar refractivity (Wildman–Crippen MR) is 189 cm³/mol. The van der Waals surface area contributed by atoms with E-state index in [-0.39, 0.29) is 6.10 Å². The molecule has 4 aliphatic rings. The van der Waals surface area contributed by atoms with Crippen LogP contribution in [0.3, 0.4) is 0 Å². The van der Waals surface area contributed by atoms with Crippen LogP contribution in [0.2, 0.25) is 0 Å². The Hall–Kier alpha value is -4.51. The number of thiazole rings is 1. The second-order valence-electron chi connectivity index (χ2n) is 12.1. The second-order valence-corrected chi connectivity index (χ2v) is 14.1. The highest BCUT2D eigenvalue weighted by Crippen LogP contribution is 2.56. The molecule has 2 nitrogen and oxygen atoms in total. The van der Waals surface area contributed by atoms with Crippen LogP contribution in [0.15, 0.2) is 121 Å². The van der Waals surface area contributed by atoms with Gasteiger partial charge in [0.05, 0.1) is 10.2 Å². The van der Waals surface area contributed by atoms with Crippen LogP contribution in [-0.4, -0.2) is 16.5 Å². The zero-order chi connectivity index (χ0) is 28.8. The van der Waals surface area contributed by atoms with Crippen molar-refractivity contribution in [1.82, 2.24) is 4.98 Å². The van der Waals surface area contributed by atoms with Gasteiger partial charge in [-0.1, -0.05) is 102 Å². The number of aromatic nitrogens is 1. The van der Waals surface area contributed by atoms with Crippen LogP contribution in [-0.2, 0) is 0 Å². The van der Waals surface area contributed by atoms with E-state index < -0.39 is 0 Å². The molecule has 210 valence electrons. The van der Waals surface area contributed by atoms with Gasteiger partial charge in [-0.2, -0.15) is 11.4 Å². The molecule has 2 aliphatic heterocycles. The zero-order valence-electron chi connectivity index (χ0n) is 23.8. The summed E-state index contributed by atoms with van der Waals surface area (Å²) in [5.74, 6) is 1.75. The van der Waals surface area contributed by atoms with Gasteiger partial charge < -0.3 is 4.74 Å². The predicted octanol–water partition coefficient (Wildman–Crippen LogP) is 10.4. The van der Waals surface area contributed by atoms with E-state index >= 15 is 0 Å². The molecule has 0 spiro atoms. The van der Waals surface area contributed by atoms with E-state index in [0.29, 0.717) is 11.8 Å². The summed E-state index contributed by atoms with van der Waals surface area (Å²) < 4.78 is 7.76. The molecule has 0 bridgehead atoms. The maximum Gasteiger partial charge on any atom is 0.132 e. The smallest absolute Gasteiger partial charge is 0.132 e. The molecule has 0 amide bonds. The molecule has 3 unspecified atom stereocenters. The van der Waals surface area contributed by atoms with Crippen LogP contribution in [0.1, 0.15) is 40.5 Å². The number of nitrogens with zero attached hydrogens (tertiary/aromatic N) is 1. The Morgan fingerprint density at radius 3 is 2.59 bits per heavy atom. The van der Waals surface area contributed by atoms with Gasteiger partial charge in [-0.05, 0) is 64.1 Å². The van der Waals surface area contributed by atoms with Crippen molar-refractivity contribution in [2.45, 2.75) is 24.4 Å². The van der Waals surface area contributed by atoms with Gasteiger partial charge in [0, 0.05) is 38.6 Å². The molecule has 0 radical (unpaired) electrons. The summed E-state index contributed by atoms with van der Waals surface area (Å²) in [6, 6.07) is 35.6. The van der Waals surface area contributed by atoms with E-state index in [1.807, 2.05) is 0 Å². The molecule has 6 aromatic rings. The highest BCUT2D eigenvalue weighted by atomic mass is 32.1. The molecule has 0 saturated carbocycles. The van der Waals surface area contributed by atoms with Gasteiger partial charge in [0.25, 0.3) is 0 Å². The standard InChI is InChI=1S/C40H27NOS2/c1-2-8-23(9-3-1)40-41-34-20-26(16-17-36(34)44-40)24-10-6-11-25(18-24)27-19-32-29-13-7-14-30-37(29)33(39(32)43-22-27)21-31-28-12-4-5-15-35(28)42-38(30)31/h1-18,20-22,27-28,35,43H,19H2. The number of thiol groups is 1. The quantitative estimate of drug-likeness (QED) is 0.161. The lowest BCUT2D eigenvalue weighted by atomic mass is 9.88. The fraction of sp³-hybridized carbons (Fsp3) is 0.100. The van der Waals surface area contributed by atoms with Crippen LogP contribution in [0, 0.1) is 0 Å². The first kappa shape index (κ1) is 24.9. The molecule has 4 heteroatoms. The van der Waals surface area contributed by atoms with Crippen molar-refractivity contribution >= 4 is 59.5 Å². The first-order chi connectivity index (χ1) is 21.8. The summed E-state index contributed by atoms with van der Waals surface area (Å²) in [5.41, 5.74) is 11.7. The molecule has 10 rings (SSSR count). The zero-order valence-corrected chi connectivity index (χ0v) is 25.5. The summed E-state index contributed by atoms with van der Waals surface area (Å²) in [4.78, 5) is 6.47. The van der Waals surface area contributed by atoms with Crippen molar-refractivity contribution < 1.29 is 4.74 Å². The average Bonchev–Trinajstić information content (AvgIpc) is 3.78. The molecule has 5 aromatic carbocycles. The molecular formula is C40H27NOS2. The highest BCUT2D eigenvalue weighted by Gasteiger charge is 2.37. The molecule has 0 fully saturated rings. The number of fused-ring (bicyclic) bond motifs is 7. The molecule has 3 heterocycles. The number of allylic oxidation sites excluding steroid dienone is 3. The second kappa shape index (κ2) is 9.49. The Morgan fingerprint density at radius 2 is 1.64 bits per heavy atom. The van der Waals surface area contributed by atoms with Gasteiger partial charge in [0.2, 0.25) is 0 Å². The Morgan fingerprint density at radius 1 is 0.773 bits per heavy atom. The molecule has 2 aliphatic carbocycles. The Bertz CT molecular complexity index is 2310. The fourth-order valence-corrected chi connectivity index (χ4v) is 9.70. The van der Waals surface area contributed by atoms with Crippen molar-refractivity contribution in [3.63, 3.8) is 0 Å². The normalized spacial score (nSPS) is 20.9. The molecule has 44 heavy (non-hydrogen) atoms. The summed E-state index contributed by atoms with van der Waals surface area (Å²) >= 11 is 3.06. The largest absolute Gasteiger partial charge is 0.484 e. The lowest BCUT2D eigenvalue weighted by Crippen LogP contribution is -2.15. The summed E-state index contributed by atoms with van der Waals surface area (Å²) in [7, 11) is 0. The van der Waals surface area contributed by atoms with E-state index in [4.69, 9.17) is 9.72 Å². The number of hydrogen-bond acceptors (Lipinski definition) is 3. The minimum Gasteiger partial charge on any atom is -0.484 e. The van der Waals surface area contributed by atoms with Crippen molar-refractivity contribution in [2.24, 2.45) is 0 Å². The third kappa shape index (κ3) is 3.68.